The zero-order chi connectivity index (χ0) is 15.9. The maximum atomic E-state index is 4.47. The molecule has 2 heterocycles. The largest absolute Gasteiger partial charge is 0.168 e. The Morgan fingerprint density at radius 1 is 0.864 bits per heavy atom. The van der Waals surface area contributed by atoms with Gasteiger partial charge >= 0.3 is 0 Å². The van der Waals surface area contributed by atoms with Gasteiger partial charge in [-0.05, 0) is 48.7 Å². The zero-order valence-electron chi connectivity index (χ0n) is 13.0. The molecule has 0 spiro atoms. The van der Waals surface area contributed by atoms with Crippen molar-refractivity contribution in [2.24, 2.45) is 0 Å². The Hall–Kier alpha value is 2.80. The fourth-order valence-electron chi connectivity index (χ4n) is 2.89. The summed E-state index contributed by atoms with van der Waals surface area (Å²) >= 11 is 22.0. The molecule has 2 saturated heterocycles. The van der Waals surface area contributed by atoms with Gasteiger partial charge in [-0.25, -0.2) is 0 Å². The van der Waals surface area contributed by atoms with Crippen LogP contribution < -0.4 is 0 Å². The van der Waals surface area contributed by atoms with E-state index in [0.717, 1.165) is 10.2 Å². The Kier molecular flexibility index (Phi) is 10.4. The Labute approximate surface area is 173 Å². The summed E-state index contributed by atoms with van der Waals surface area (Å²) in [6.45, 7) is 2.41. The first-order valence-electron chi connectivity index (χ1n) is 7.72. The highest BCUT2D eigenvalue weighted by Gasteiger charge is 2.54. The Morgan fingerprint density at radius 3 is 1.73 bits per heavy atom. The lowest BCUT2D eigenvalue weighted by Gasteiger charge is -2.53. The van der Waals surface area contributed by atoms with E-state index in [0.29, 0.717) is 12.7 Å². The predicted molar refractivity (Wildman–Crippen MR) is 126 cm³/mol. The lowest BCUT2D eigenvalue weighted by molar-refractivity contribution is 0.639. The minimum absolute atomic E-state index is 0.367. The standard InChI is InChI=1S/C14H26S8/c1-2-13(19-5-3-6-20-13)14(21-7-4-8-22-14)9-12(17-10-15)18-11-16/h12,15-16H,2-11H2,1H3. The van der Waals surface area contributed by atoms with Gasteiger partial charge < -0.3 is 0 Å². The highest BCUT2D eigenvalue weighted by atomic mass is 32.2. The van der Waals surface area contributed by atoms with Crippen LogP contribution in [0.3, 0.4) is 0 Å². The van der Waals surface area contributed by atoms with Gasteiger partial charge in [0.05, 0.1) is 12.7 Å². The first-order chi connectivity index (χ1) is 10.7. The molecule has 0 bridgehead atoms. The molecule has 0 amide bonds. The molecule has 0 atom stereocenters. The normalized spacial score (nSPS) is 24.5. The van der Waals surface area contributed by atoms with E-state index in [9.17, 15) is 0 Å². The molecule has 8 heteroatoms. The molecule has 0 aromatic heterocycles. The van der Waals surface area contributed by atoms with Gasteiger partial charge in [-0.15, -0.1) is 70.6 Å². The average Bonchev–Trinajstić information content (AvgIpc) is 2.57. The van der Waals surface area contributed by atoms with Crippen LogP contribution in [0, 0.1) is 0 Å². The Morgan fingerprint density at radius 2 is 1.32 bits per heavy atom. The van der Waals surface area contributed by atoms with Crippen LogP contribution in [0.4, 0.5) is 0 Å². The van der Waals surface area contributed by atoms with E-state index in [1.54, 1.807) is 0 Å². The first-order valence-corrected chi connectivity index (χ1v) is 15.0. The van der Waals surface area contributed by atoms with Gasteiger partial charge in [0.1, 0.15) is 0 Å². The molecule has 0 N–H and O–H groups in total. The second kappa shape index (κ2) is 10.8. The van der Waals surface area contributed by atoms with Crippen molar-refractivity contribution in [1.29, 1.82) is 0 Å². The third-order valence-corrected chi connectivity index (χ3v) is 15.1. The molecule has 2 rings (SSSR count). The molecule has 0 unspecified atom stereocenters. The van der Waals surface area contributed by atoms with Crippen molar-refractivity contribution in [1.82, 2.24) is 0 Å². The fraction of sp³-hybridized carbons (Fsp3) is 1.00. The van der Waals surface area contributed by atoms with Crippen molar-refractivity contribution < 1.29 is 0 Å². The zero-order valence-corrected chi connectivity index (χ0v) is 19.7. The smallest absolute Gasteiger partial charge is 0.0866 e. The van der Waals surface area contributed by atoms with Crippen LogP contribution in [0.1, 0.15) is 32.6 Å². The summed E-state index contributed by atoms with van der Waals surface area (Å²) in [5, 5.41) is 1.83. The molecule has 0 nitrogen and oxygen atoms in total. The summed E-state index contributed by atoms with van der Waals surface area (Å²) in [5.41, 5.74) is 0. The van der Waals surface area contributed by atoms with Crippen LogP contribution in [0.5, 0.6) is 0 Å². The van der Waals surface area contributed by atoms with Crippen molar-refractivity contribution in [2.75, 3.05) is 33.2 Å². The third kappa shape index (κ3) is 5.17. The lowest BCUT2D eigenvalue weighted by Crippen LogP contribution is -2.49. The van der Waals surface area contributed by atoms with Crippen molar-refractivity contribution in [3.05, 3.63) is 0 Å². The third-order valence-electron chi connectivity index (χ3n) is 3.92. The fourth-order valence-corrected chi connectivity index (χ4v) is 15.1. The predicted octanol–water partition coefficient (Wildman–Crippen LogP) is 6.49. The van der Waals surface area contributed by atoms with Crippen molar-refractivity contribution >= 4 is 95.8 Å². The molecule has 0 saturated carbocycles. The second-order valence-corrected chi connectivity index (χ2v) is 15.4. The number of thiol groups is 2. The van der Waals surface area contributed by atoms with Gasteiger partial charge in [0.15, 0.2) is 0 Å². The van der Waals surface area contributed by atoms with E-state index in [1.165, 1.54) is 48.7 Å². The highest BCUT2D eigenvalue weighted by Crippen LogP contribution is 2.65. The van der Waals surface area contributed by atoms with Gasteiger partial charge in [-0.3, -0.25) is 0 Å². The number of rotatable bonds is 8. The molecule has 2 aliphatic heterocycles. The second-order valence-electron chi connectivity index (χ2n) is 5.19. The summed E-state index contributed by atoms with van der Waals surface area (Å²) in [6, 6.07) is 0. The van der Waals surface area contributed by atoms with E-state index < -0.39 is 0 Å². The molecule has 2 fully saturated rings. The van der Waals surface area contributed by atoms with E-state index in [1.807, 2.05) is 23.5 Å². The van der Waals surface area contributed by atoms with Crippen LogP contribution in [-0.2, 0) is 0 Å². The van der Waals surface area contributed by atoms with E-state index in [4.69, 9.17) is 0 Å². The SMILES string of the molecule is CCC1(C2(CC(SCS)SCS)SCCCS2)SCCCS1. The number of thioether (sulfide) groups is 6. The van der Waals surface area contributed by atoms with Gasteiger partial charge in [0.2, 0.25) is 0 Å². The van der Waals surface area contributed by atoms with Gasteiger partial charge in [-0.1, -0.05) is 6.92 Å². The molecule has 2 aliphatic rings. The lowest BCUT2D eigenvalue weighted by atomic mass is 10.2. The minimum Gasteiger partial charge on any atom is -0.168 e. The Balaban J connectivity index is 2.21. The minimum atomic E-state index is 0.367. The van der Waals surface area contributed by atoms with Crippen LogP contribution >= 0.6 is 95.8 Å². The molecule has 0 aromatic carbocycles. The monoisotopic (exact) mass is 450 g/mol. The van der Waals surface area contributed by atoms with Crippen LogP contribution in [0.15, 0.2) is 0 Å². The number of hydrogen-bond donors (Lipinski definition) is 2. The highest BCUT2D eigenvalue weighted by molar-refractivity contribution is 8.26. The average molecular weight is 451 g/mol. The maximum Gasteiger partial charge on any atom is 0.0866 e. The van der Waals surface area contributed by atoms with Gasteiger partial charge in [0, 0.05) is 10.2 Å². The van der Waals surface area contributed by atoms with E-state index >= 15 is 0 Å². The molecule has 0 aromatic rings. The van der Waals surface area contributed by atoms with Gasteiger partial charge in [0.25, 0.3) is 0 Å². The topological polar surface area (TPSA) is 0 Å². The summed E-state index contributed by atoms with van der Waals surface area (Å²) in [7, 11) is 0. The molecule has 130 valence electrons. The summed E-state index contributed by atoms with van der Waals surface area (Å²) < 4.78 is 1.39. The van der Waals surface area contributed by atoms with Gasteiger partial charge in [-0.2, -0.15) is 25.3 Å². The first kappa shape index (κ1) is 21.1. The summed E-state index contributed by atoms with van der Waals surface area (Å²) in [6.07, 6.45) is 5.32. The van der Waals surface area contributed by atoms with Crippen LogP contribution in [0.2, 0.25) is 0 Å². The van der Waals surface area contributed by atoms with Crippen molar-refractivity contribution in [2.45, 2.75) is 45.3 Å². The molecule has 0 radical (unpaired) electrons. The molecular weight excluding hydrogens is 425 g/mol. The van der Waals surface area contributed by atoms with Crippen LogP contribution in [0.25, 0.3) is 0 Å². The van der Waals surface area contributed by atoms with E-state index in [-0.39, 0.29) is 0 Å². The Bertz CT molecular complexity index is 306. The van der Waals surface area contributed by atoms with Crippen LogP contribution in [-0.4, -0.2) is 45.9 Å². The molecule has 22 heavy (non-hydrogen) atoms. The number of hydrogen-bond acceptors (Lipinski definition) is 8. The quantitative estimate of drug-likeness (QED) is 0.318. The summed E-state index contributed by atoms with van der Waals surface area (Å²) in [4.78, 5) is 0. The summed E-state index contributed by atoms with van der Waals surface area (Å²) in [5.74, 6) is 5.35. The van der Waals surface area contributed by atoms with Crippen molar-refractivity contribution in [3.63, 3.8) is 0 Å². The van der Waals surface area contributed by atoms with Crippen molar-refractivity contribution in [3.8, 4) is 0 Å². The molecule has 0 aliphatic carbocycles. The molecular formula is C14H26S8. The maximum absolute atomic E-state index is 4.47. The van der Waals surface area contributed by atoms with E-state index in [2.05, 4.69) is 79.2 Å².